The van der Waals surface area contributed by atoms with Gasteiger partial charge in [-0.05, 0) is 145 Å². The van der Waals surface area contributed by atoms with Crippen LogP contribution in [0.2, 0.25) is 0 Å². The van der Waals surface area contributed by atoms with Crippen LogP contribution in [0.3, 0.4) is 0 Å². The first-order valence-corrected chi connectivity index (χ1v) is 40.3. The van der Waals surface area contributed by atoms with E-state index < -0.39 is 0 Å². The van der Waals surface area contributed by atoms with Gasteiger partial charge in [0.25, 0.3) is 0 Å². The first kappa shape index (κ1) is 66.7. The lowest BCUT2D eigenvalue weighted by Gasteiger charge is -2.15. The van der Waals surface area contributed by atoms with Gasteiger partial charge >= 0.3 is 0 Å². The van der Waals surface area contributed by atoms with Gasteiger partial charge in [0.15, 0.2) is 0 Å². The number of para-hydroxylation sites is 4. The highest BCUT2D eigenvalue weighted by atomic mass is 15.2. The molecule has 0 atom stereocenters. The highest BCUT2D eigenvalue weighted by molar-refractivity contribution is 6.40. The predicted octanol–water partition coefficient (Wildman–Crippen LogP) is 28.6. The summed E-state index contributed by atoms with van der Waals surface area (Å²) in [6.07, 6.45) is 0. The molecule has 6 aromatic heterocycles. The van der Waals surface area contributed by atoms with E-state index in [1.807, 2.05) is 6.07 Å². The van der Waals surface area contributed by atoms with Gasteiger partial charge < -0.3 is 9.13 Å². The van der Waals surface area contributed by atoms with Crippen LogP contribution in [0.25, 0.3) is 231 Å². The Morgan fingerprint density at radius 1 is 0.153 bits per heavy atom. The molecule has 0 unspecified atom stereocenters. The summed E-state index contributed by atoms with van der Waals surface area (Å²) in [5.74, 6) is 1.30. The Bertz CT molecular complexity index is 8340. The minimum atomic E-state index is 0.648. The number of benzene rings is 19. The summed E-state index contributed by atoms with van der Waals surface area (Å²) in [5.41, 5.74) is 24.1. The maximum atomic E-state index is 5.42. The summed E-state index contributed by atoms with van der Waals surface area (Å²) in [6.45, 7) is 0. The second-order valence-electron chi connectivity index (χ2n) is 30.6. The quantitative estimate of drug-likeness (QED) is 0.135. The van der Waals surface area contributed by atoms with Crippen molar-refractivity contribution in [2.45, 2.75) is 0 Å². The molecule has 0 aliphatic carbocycles. The molecule has 25 aromatic rings. The summed E-state index contributed by atoms with van der Waals surface area (Å²) in [6, 6.07) is 148. The molecule has 0 bridgehead atoms. The van der Waals surface area contributed by atoms with Crippen LogP contribution in [0.4, 0.5) is 0 Å². The zero-order chi connectivity index (χ0) is 77.5. The minimum absolute atomic E-state index is 0.648. The summed E-state index contributed by atoms with van der Waals surface area (Å²) < 4.78 is 9.56. The van der Waals surface area contributed by atoms with Gasteiger partial charge in [-0.25, -0.2) is 19.9 Å². The lowest BCUT2D eigenvalue weighted by atomic mass is 9.95. The van der Waals surface area contributed by atoms with E-state index >= 15 is 0 Å². The second kappa shape index (κ2) is 26.9. The van der Waals surface area contributed by atoms with Crippen molar-refractivity contribution in [3.05, 3.63) is 413 Å². The standard InChI is InChI=1S/C58H36N4.C52H32N4/c1-4-18-37(19-5-1)40-34-41(38-20-6-2-7-21-38)36-42(35-40)61-52-33-32-51-53(55(52)54-45-26-12-10-24-43(45)44-25-11-13-27-46(44)57(54)61)48-29-15-17-31-50(48)62(51)58-59-49-30-16-14-28-47(49)56(60-58)39-22-8-3-9-23-39;1-3-15-33(16-4-1)34-27-29-36(30-28-34)55-46-32-31-45-47(49(46)48-39-21-9-7-19-37(39)38-20-8-10-22-40(38)51(48)55)42-24-12-14-26-44(42)56(45)52-53-43-25-13-11-23-41(43)50(54-52)35-17-5-2-6-18-35/h1-36H;1-32H. The van der Waals surface area contributed by atoms with E-state index in [9.17, 15) is 0 Å². The molecule has 0 fully saturated rings. The molecule has 8 nitrogen and oxygen atoms in total. The topological polar surface area (TPSA) is 71.3 Å². The maximum absolute atomic E-state index is 5.42. The van der Waals surface area contributed by atoms with Gasteiger partial charge in [-0.2, -0.15) is 0 Å². The normalized spacial score (nSPS) is 11.9. The van der Waals surface area contributed by atoms with E-state index in [1.165, 1.54) is 125 Å². The van der Waals surface area contributed by atoms with Gasteiger partial charge in [-0.3, -0.25) is 9.13 Å². The molecule has 0 spiro atoms. The van der Waals surface area contributed by atoms with E-state index in [4.69, 9.17) is 19.9 Å². The Hall–Kier alpha value is -15.9. The van der Waals surface area contributed by atoms with Crippen LogP contribution < -0.4 is 0 Å². The Morgan fingerprint density at radius 3 is 0.839 bits per heavy atom. The molecule has 8 heteroatoms. The maximum Gasteiger partial charge on any atom is 0.235 e. The highest BCUT2D eigenvalue weighted by Crippen LogP contribution is 2.51. The predicted molar refractivity (Wildman–Crippen MR) is 494 cm³/mol. The van der Waals surface area contributed by atoms with Gasteiger partial charge in [0.2, 0.25) is 11.9 Å². The molecule has 0 aliphatic heterocycles. The lowest BCUT2D eigenvalue weighted by molar-refractivity contribution is 1.01. The van der Waals surface area contributed by atoms with Crippen LogP contribution in [0.15, 0.2) is 413 Å². The zero-order valence-electron chi connectivity index (χ0n) is 63.8. The molecule has 6 heterocycles. The number of hydrogen-bond acceptors (Lipinski definition) is 4. The van der Waals surface area contributed by atoms with E-state index in [-0.39, 0.29) is 0 Å². The molecule has 0 saturated heterocycles. The number of aromatic nitrogens is 8. The molecule has 0 N–H and O–H groups in total. The van der Waals surface area contributed by atoms with E-state index in [0.717, 1.165) is 94.2 Å². The fourth-order valence-corrected chi connectivity index (χ4v) is 19.1. The van der Waals surface area contributed by atoms with Crippen molar-refractivity contribution >= 4 is 152 Å². The average molecular weight is 1500 g/mol. The second-order valence-corrected chi connectivity index (χ2v) is 30.6. The third kappa shape index (κ3) is 10.4. The largest absolute Gasteiger partial charge is 0.309 e. The number of nitrogens with zero attached hydrogens (tertiary/aromatic N) is 8. The fourth-order valence-electron chi connectivity index (χ4n) is 19.1. The third-order valence-electron chi connectivity index (χ3n) is 24.2. The molecule has 19 aromatic carbocycles. The minimum Gasteiger partial charge on any atom is -0.309 e. The summed E-state index contributed by atoms with van der Waals surface area (Å²) in [4.78, 5) is 21.4. The van der Waals surface area contributed by atoms with Gasteiger partial charge in [-0.1, -0.05) is 334 Å². The fraction of sp³-hybridized carbons (Fsp3) is 0. The molecule has 0 amide bonds. The number of fused-ring (bicyclic) bond motifs is 26. The van der Waals surface area contributed by atoms with Gasteiger partial charge in [0.05, 0.1) is 66.6 Å². The van der Waals surface area contributed by atoms with Crippen molar-refractivity contribution in [1.29, 1.82) is 0 Å². The van der Waals surface area contributed by atoms with Crippen LogP contribution in [0.1, 0.15) is 0 Å². The zero-order valence-corrected chi connectivity index (χ0v) is 63.8. The van der Waals surface area contributed by atoms with Crippen LogP contribution in [-0.2, 0) is 0 Å². The monoisotopic (exact) mass is 1500 g/mol. The van der Waals surface area contributed by atoms with E-state index in [0.29, 0.717) is 11.9 Å². The number of rotatable bonds is 9. The van der Waals surface area contributed by atoms with Crippen molar-refractivity contribution in [2.24, 2.45) is 0 Å². The van der Waals surface area contributed by atoms with Crippen molar-refractivity contribution in [1.82, 2.24) is 38.2 Å². The van der Waals surface area contributed by atoms with Crippen molar-refractivity contribution in [3.8, 4) is 79.2 Å². The molecule has 118 heavy (non-hydrogen) atoms. The summed E-state index contributed by atoms with van der Waals surface area (Å²) in [7, 11) is 0. The molecule has 25 rings (SSSR count). The molecule has 0 radical (unpaired) electrons. The van der Waals surface area contributed by atoms with Crippen LogP contribution in [0.5, 0.6) is 0 Å². The van der Waals surface area contributed by atoms with Crippen LogP contribution in [-0.4, -0.2) is 38.2 Å². The first-order valence-electron chi connectivity index (χ1n) is 40.3. The van der Waals surface area contributed by atoms with Crippen molar-refractivity contribution < 1.29 is 0 Å². The Kier molecular flexibility index (Phi) is 15.2. The third-order valence-corrected chi connectivity index (χ3v) is 24.2. The van der Waals surface area contributed by atoms with E-state index in [1.54, 1.807) is 0 Å². The van der Waals surface area contributed by atoms with Crippen LogP contribution >= 0.6 is 0 Å². The lowest BCUT2D eigenvalue weighted by Crippen LogP contribution is -2.03. The average Bonchev–Trinajstić information content (AvgIpc) is 1.53. The van der Waals surface area contributed by atoms with E-state index in [2.05, 4.69) is 425 Å². The Labute approximate surface area is 677 Å². The van der Waals surface area contributed by atoms with Crippen LogP contribution in [0, 0.1) is 0 Å². The molecule has 548 valence electrons. The summed E-state index contributed by atoms with van der Waals surface area (Å²) in [5, 5.41) is 21.6. The Balaban J connectivity index is 0.000000135. The molecule has 0 aliphatic rings. The molecular formula is C110H68N8. The Morgan fingerprint density at radius 2 is 0.441 bits per heavy atom. The van der Waals surface area contributed by atoms with Gasteiger partial charge in [-0.15, -0.1) is 0 Å². The first-order chi connectivity index (χ1) is 58.6. The van der Waals surface area contributed by atoms with Crippen molar-refractivity contribution in [3.63, 3.8) is 0 Å². The smallest absolute Gasteiger partial charge is 0.235 e. The SMILES string of the molecule is c1ccc(-c2cc(-c3ccccc3)cc(-n3c4ccc5c(c6ccccc6n5-c5nc(-c6ccccc6)c6ccccc6n5)c4c4c5ccccc5c5ccccc5c43)c2)cc1.c1ccc(-c2ccc(-n3c4ccc5c(c6ccccc6n5-c5nc(-c6ccccc6)c6ccccc6n5)c4c4c5ccccc5c5ccccc5c43)cc2)cc1. The molecule has 0 saturated carbocycles. The molecular weight excluding hydrogens is 1430 g/mol. The highest BCUT2D eigenvalue weighted by Gasteiger charge is 2.29. The van der Waals surface area contributed by atoms with Gasteiger partial charge in [0, 0.05) is 87.1 Å². The summed E-state index contributed by atoms with van der Waals surface area (Å²) >= 11 is 0. The van der Waals surface area contributed by atoms with Gasteiger partial charge in [0.1, 0.15) is 0 Å². The van der Waals surface area contributed by atoms with Crippen molar-refractivity contribution in [2.75, 3.05) is 0 Å². The number of hydrogen-bond donors (Lipinski definition) is 0.